The average molecular weight is 301 g/mol. The number of hydrogen-bond acceptors (Lipinski definition) is 8. The zero-order valence-corrected chi connectivity index (χ0v) is 11.0. The van der Waals surface area contributed by atoms with Gasteiger partial charge in [-0.2, -0.15) is 0 Å². The lowest BCUT2D eigenvalue weighted by atomic mass is 10.1. The molecule has 0 rings (SSSR count). The van der Waals surface area contributed by atoms with Crippen LogP contribution in [0.3, 0.4) is 0 Å². The number of carbonyl (C=O) groups is 5. The first-order chi connectivity index (χ1) is 9.63. The van der Waals surface area contributed by atoms with Gasteiger partial charge < -0.3 is 40.3 Å². The van der Waals surface area contributed by atoms with Crippen LogP contribution in [-0.4, -0.2) is 41.8 Å². The zero-order chi connectivity index (χ0) is 16.6. The largest absolute Gasteiger partial charge is 0.550 e. The quantitative estimate of drug-likeness (QED) is 0.423. The maximum absolute atomic E-state index is 11.7. The van der Waals surface area contributed by atoms with Gasteiger partial charge in [0, 0.05) is 25.3 Å². The molecule has 0 heterocycles. The van der Waals surface area contributed by atoms with Gasteiger partial charge in [0.25, 0.3) is 0 Å². The van der Waals surface area contributed by atoms with Crippen LogP contribution in [0.5, 0.6) is 0 Å². The topological polar surface area (TPSA) is 179 Å². The number of amides is 2. The number of hydrogen-bond donors (Lipinski definition) is 2. The predicted molar refractivity (Wildman–Crippen MR) is 58.4 cm³/mol. The first-order valence-corrected chi connectivity index (χ1v) is 5.81. The van der Waals surface area contributed by atoms with Crippen molar-refractivity contribution in [1.29, 1.82) is 0 Å². The molecular formula is C11H13N2O8-3. The van der Waals surface area contributed by atoms with Gasteiger partial charge in [-0.25, -0.2) is 0 Å². The minimum Gasteiger partial charge on any atom is -0.550 e. The molecule has 0 saturated heterocycles. The lowest BCUT2D eigenvalue weighted by Crippen LogP contribution is -2.55. The lowest BCUT2D eigenvalue weighted by Gasteiger charge is -2.24. The highest BCUT2D eigenvalue weighted by atomic mass is 16.4. The van der Waals surface area contributed by atoms with Gasteiger partial charge in [-0.15, -0.1) is 0 Å². The Kier molecular flexibility index (Phi) is 7.43. The third-order valence-corrected chi connectivity index (χ3v) is 2.30. The molecule has 0 aliphatic heterocycles. The van der Waals surface area contributed by atoms with Crippen LogP contribution in [0.15, 0.2) is 0 Å². The molecule has 0 saturated carbocycles. The van der Waals surface area contributed by atoms with Gasteiger partial charge >= 0.3 is 0 Å². The summed E-state index contributed by atoms with van der Waals surface area (Å²) in [4.78, 5) is 54.0. The van der Waals surface area contributed by atoms with E-state index in [2.05, 4.69) is 0 Å². The summed E-state index contributed by atoms with van der Waals surface area (Å²) in [7, 11) is 0. The van der Waals surface area contributed by atoms with Crippen LogP contribution in [0.4, 0.5) is 0 Å². The van der Waals surface area contributed by atoms with E-state index >= 15 is 0 Å². The van der Waals surface area contributed by atoms with Crippen molar-refractivity contribution in [2.45, 2.75) is 38.3 Å². The molecule has 21 heavy (non-hydrogen) atoms. The van der Waals surface area contributed by atoms with Crippen molar-refractivity contribution in [1.82, 2.24) is 10.6 Å². The Labute approximate surface area is 119 Å². The van der Waals surface area contributed by atoms with E-state index in [-0.39, 0.29) is 0 Å². The molecule has 10 nitrogen and oxygen atoms in total. The van der Waals surface area contributed by atoms with Gasteiger partial charge in [-0.1, -0.05) is 0 Å². The van der Waals surface area contributed by atoms with Gasteiger partial charge in [-0.05, 0) is 12.8 Å². The van der Waals surface area contributed by atoms with E-state index in [1.165, 1.54) is 0 Å². The molecule has 0 spiro atoms. The molecule has 0 bridgehead atoms. The minimum absolute atomic E-state index is 0.505. The van der Waals surface area contributed by atoms with Crippen LogP contribution in [0.25, 0.3) is 0 Å². The van der Waals surface area contributed by atoms with Crippen molar-refractivity contribution < 1.29 is 39.3 Å². The Balaban J connectivity index is 4.80. The van der Waals surface area contributed by atoms with Crippen molar-refractivity contribution in [3.05, 3.63) is 0 Å². The number of nitrogens with one attached hydrogen (secondary N) is 2. The van der Waals surface area contributed by atoms with Crippen molar-refractivity contribution >= 4 is 29.7 Å². The van der Waals surface area contributed by atoms with Crippen molar-refractivity contribution in [3.8, 4) is 0 Å². The van der Waals surface area contributed by atoms with Crippen LogP contribution in [0.2, 0.25) is 0 Å². The molecule has 2 amide bonds. The first kappa shape index (κ1) is 18.4. The summed E-state index contributed by atoms with van der Waals surface area (Å²) < 4.78 is 0. The summed E-state index contributed by atoms with van der Waals surface area (Å²) in [6.45, 7) is 1.03. The summed E-state index contributed by atoms with van der Waals surface area (Å²) in [6, 6.07) is -3.20. The average Bonchev–Trinajstić information content (AvgIpc) is 2.31. The van der Waals surface area contributed by atoms with Crippen LogP contribution in [0.1, 0.15) is 26.2 Å². The van der Waals surface area contributed by atoms with Crippen LogP contribution < -0.4 is 26.0 Å². The molecule has 2 atom stereocenters. The highest BCUT2D eigenvalue weighted by molar-refractivity contribution is 5.92. The molecule has 0 fully saturated rings. The standard InChI is InChI=1S/C11H16N2O8/c1-5(14)12-7(4-9(17)18)10(19)13-6(11(20)21)2-3-8(15)16/h6-7H,2-4H2,1H3,(H,12,14)(H,13,19)(H,15,16)(H,17,18)(H,20,21)/p-3/t6-,7-/m0/s1. The molecule has 0 aromatic carbocycles. The van der Waals surface area contributed by atoms with E-state index in [4.69, 9.17) is 0 Å². The predicted octanol–water partition coefficient (Wildman–Crippen LogP) is -5.60. The monoisotopic (exact) mass is 301 g/mol. The molecule has 118 valence electrons. The second-order valence-corrected chi connectivity index (χ2v) is 4.12. The third-order valence-electron chi connectivity index (χ3n) is 2.30. The fourth-order valence-corrected chi connectivity index (χ4v) is 1.40. The molecule has 0 aliphatic rings. The molecule has 0 aromatic heterocycles. The first-order valence-electron chi connectivity index (χ1n) is 5.81. The Morgan fingerprint density at radius 2 is 1.48 bits per heavy atom. The molecular weight excluding hydrogens is 288 g/mol. The molecule has 2 N–H and O–H groups in total. The number of carbonyl (C=O) groups excluding carboxylic acids is 5. The van der Waals surface area contributed by atoms with Crippen molar-refractivity contribution in [2.24, 2.45) is 0 Å². The lowest BCUT2D eigenvalue weighted by molar-refractivity contribution is -0.310. The van der Waals surface area contributed by atoms with Gasteiger partial charge in [0.1, 0.15) is 6.04 Å². The summed E-state index contributed by atoms with van der Waals surface area (Å²) in [5.41, 5.74) is 0. The number of carboxylic acid groups (broad SMARTS) is 3. The smallest absolute Gasteiger partial charge is 0.243 e. The summed E-state index contributed by atoms with van der Waals surface area (Å²) in [5.74, 6) is -6.73. The van der Waals surface area contributed by atoms with Crippen LogP contribution in [-0.2, 0) is 24.0 Å². The Morgan fingerprint density at radius 3 is 1.86 bits per heavy atom. The minimum atomic E-state index is -1.75. The number of aliphatic carboxylic acids is 3. The second kappa shape index (κ2) is 8.51. The maximum Gasteiger partial charge on any atom is 0.243 e. The van der Waals surface area contributed by atoms with Crippen molar-refractivity contribution in [3.63, 3.8) is 0 Å². The molecule has 0 unspecified atom stereocenters. The highest BCUT2D eigenvalue weighted by Crippen LogP contribution is 1.99. The SMILES string of the molecule is CC(=O)N[C@@H](CC(=O)[O-])C(=O)N[C@@H](CCC(=O)[O-])C(=O)[O-]. The Hall–Kier alpha value is -2.65. The summed E-state index contributed by atoms with van der Waals surface area (Å²) in [6.07, 6.45) is -2.02. The van der Waals surface area contributed by atoms with Crippen LogP contribution in [0, 0.1) is 0 Å². The van der Waals surface area contributed by atoms with E-state index in [1.54, 1.807) is 0 Å². The third kappa shape index (κ3) is 8.18. The molecule has 0 radical (unpaired) electrons. The van der Waals surface area contributed by atoms with E-state index in [0.29, 0.717) is 0 Å². The normalized spacial score (nSPS) is 12.8. The summed E-state index contributed by atoms with van der Waals surface area (Å²) in [5, 5.41) is 35.4. The van der Waals surface area contributed by atoms with E-state index < -0.39 is 61.1 Å². The highest BCUT2D eigenvalue weighted by Gasteiger charge is 2.23. The van der Waals surface area contributed by atoms with E-state index in [9.17, 15) is 39.3 Å². The number of carboxylic acids is 3. The summed E-state index contributed by atoms with van der Waals surface area (Å²) >= 11 is 0. The zero-order valence-electron chi connectivity index (χ0n) is 11.0. The fourth-order valence-electron chi connectivity index (χ4n) is 1.40. The number of rotatable bonds is 9. The van der Waals surface area contributed by atoms with Gasteiger partial charge in [0.15, 0.2) is 0 Å². The van der Waals surface area contributed by atoms with Gasteiger partial charge in [0.2, 0.25) is 11.8 Å². The Bertz CT molecular complexity index is 432. The van der Waals surface area contributed by atoms with E-state index in [0.717, 1.165) is 6.92 Å². The van der Waals surface area contributed by atoms with Gasteiger partial charge in [0.05, 0.1) is 12.0 Å². The molecule has 0 aliphatic carbocycles. The van der Waals surface area contributed by atoms with E-state index in [1.807, 2.05) is 10.6 Å². The van der Waals surface area contributed by atoms with Crippen LogP contribution >= 0.6 is 0 Å². The maximum atomic E-state index is 11.7. The molecule has 10 heteroatoms. The van der Waals surface area contributed by atoms with Crippen molar-refractivity contribution in [2.75, 3.05) is 0 Å². The fraction of sp³-hybridized carbons (Fsp3) is 0.545. The Morgan fingerprint density at radius 1 is 0.905 bits per heavy atom. The second-order valence-electron chi connectivity index (χ2n) is 4.12. The van der Waals surface area contributed by atoms with Gasteiger partial charge in [-0.3, -0.25) is 9.59 Å². The molecule has 0 aromatic rings.